The molecule has 0 aromatic heterocycles. The van der Waals surface area contributed by atoms with Gasteiger partial charge in [-0.1, -0.05) is 19.4 Å². The van der Waals surface area contributed by atoms with E-state index >= 15 is 0 Å². The first kappa shape index (κ1) is 15.5. The summed E-state index contributed by atoms with van der Waals surface area (Å²) in [6.45, 7) is 8.11. The molecule has 4 nitrogen and oxygen atoms in total. The molecule has 0 saturated heterocycles. The molecular weight excluding hydrogens is 216 g/mol. The van der Waals surface area contributed by atoms with Gasteiger partial charge in [-0.15, -0.1) is 0 Å². The lowest BCUT2D eigenvalue weighted by molar-refractivity contribution is -0.144. The molecule has 1 aliphatic rings. The molecular formula is C13H22N2O2. The highest BCUT2D eigenvalue weighted by Crippen LogP contribution is 2.29. The van der Waals surface area contributed by atoms with Crippen LogP contribution in [0.25, 0.3) is 0 Å². The molecule has 0 radical (unpaired) electrons. The molecule has 96 valence electrons. The molecule has 0 aromatic carbocycles. The highest BCUT2D eigenvalue weighted by Gasteiger charge is 2.33. The first-order valence-electron chi connectivity index (χ1n) is 6.05. The van der Waals surface area contributed by atoms with Crippen molar-refractivity contribution in [2.45, 2.75) is 40.2 Å². The summed E-state index contributed by atoms with van der Waals surface area (Å²) in [4.78, 5) is 13.2. The Balaban J connectivity index is 0.00000121. The Morgan fingerprint density at radius 3 is 2.65 bits per heavy atom. The number of esters is 1. The van der Waals surface area contributed by atoms with Crippen molar-refractivity contribution in [3.8, 4) is 6.07 Å². The summed E-state index contributed by atoms with van der Waals surface area (Å²) in [7, 11) is 1.85. The van der Waals surface area contributed by atoms with Gasteiger partial charge in [-0.2, -0.15) is 5.26 Å². The van der Waals surface area contributed by atoms with Crippen molar-refractivity contribution in [3.63, 3.8) is 0 Å². The second kappa shape index (κ2) is 7.72. The van der Waals surface area contributed by atoms with Crippen LogP contribution < -0.4 is 0 Å². The molecule has 0 amide bonds. The zero-order valence-electron chi connectivity index (χ0n) is 11.4. The van der Waals surface area contributed by atoms with Crippen molar-refractivity contribution in [1.82, 2.24) is 4.90 Å². The topological polar surface area (TPSA) is 53.3 Å². The van der Waals surface area contributed by atoms with Gasteiger partial charge in [-0.05, 0) is 20.0 Å². The summed E-state index contributed by atoms with van der Waals surface area (Å²) >= 11 is 0. The van der Waals surface area contributed by atoms with Crippen LogP contribution in [0, 0.1) is 17.2 Å². The summed E-state index contributed by atoms with van der Waals surface area (Å²) < 4.78 is 4.89. The lowest BCUT2D eigenvalue weighted by Crippen LogP contribution is -2.29. The number of nitriles is 1. The van der Waals surface area contributed by atoms with Crippen LogP contribution in [-0.4, -0.2) is 30.6 Å². The van der Waals surface area contributed by atoms with Crippen LogP contribution in [0.1, 0.15) is 34.1 Å². The maximum atomic E-state index is 11.3. The number of ether oxygens (including phenoxy) is 1. The first-order chi connectivity index (χ1) is 8.10. The molecule has 17 heavy (non-hydrogen) atoms. The third-order valence-corrected chi connectivity index (χ3v) is 2.64. The van der Waals surface area contributed by atoms with Gasteiger partial charge in [0.1, 0.15) is 6.04 Å². The fourth-order valence-corrected chi connectivity index (χ4v) is 1.88. The maximum Gasteiger partial charge on any atom is 0.306 e. The standard InChI is InChI=1S/C11H16N2O2.C2H6/c1-4-15-11(14)5-9-8(2)7-13(3)10(9)6-12;1-2/h7,9-10H,4-5H2,1-3H3;1-2H3. The Bertz CT molecular complexity index is 318. The normalized spacial score (nSPS) is 22.1. The van der Waals surface area contributed by atoms with Gasteiger partial charge in [0.25, 0.3) is 0 Å². The van der Waals surface area contributed by atoms with Crippen LogP contribution in [-0.2, 0) is 9.53 Å². The van der Waals surface area contributed by atoms with E-state index < -0.39 is 0 Å². The first-order valence-corrected chi connectivity index (χ1v) is 6.05. The van der Waals surface area contributed by atoms with E-state index in [4.69, 9.17) is 10.00 Å². The number of hydrogen-bond donors (Lipinski definition) is 0. The average Bonchev–Trinajstić information content (AvgIpc) is 2.56. The number of carbonyl (C=O) groups excluding carboxylic acids is 1. The second-order valence-electron chi connectivity index (χ2n) is 3.73. The molecule has 2 atom stereocenters. The molecule has 0 aromatic rings. The van der Waals surface area contributed by atoms with Crippen LogP contribution >= 0.6 is 0 Å². The van der Waals surface area contributed by atoms with E-state index in [1.807, 2.05) is 38.9 Å². The van der Waals surface area contributed by atoms with E-state index in [1.54, 1.807) is 6.92 Å². The smallest absolute Gasteiger partial charge is 0.306 e. The summed E-state index contributed by atoms with van der Waals surface area (Å²) in [5.74, 6) is -0.259. The summed E-state index contributed by atoms with van der Waals surface area (Å²) in [6, 6.07) is 1.97. The van der Waals surface area contributed by atoms with Crippen molar-refractivity contribution >= 4 is 5.97 Å². The fourth-order valence-electron chi connectivity index (χ4n) is 1.88. The maximum absolute atomic E-state index is 11.3. The molecule has 0 saturated carbocycles. The Kier molecular flexibility index (Phi) is 7.04. The van der Waals surface area contributed by atoms with E-state index in [0.717, 1.165) is 5.57 Å². The summed E-state index contributed by atoms with van der Waals surface area (Å²) in [5, 5.41) is 8.99. The van der Waals surface area contributed by atoms with E-state index in [9.17, 15) is 4.79 Å². The Morgan fingerprint density at radius 1 is 1.59 bits per heavy atom. The number of nitrogens with zero attached hydrogens (tertiary/aromatic N) is 2. The van der Waals surface area contributed by atoms with Crippen LogP contribution in [0.4, 0.5) is 0 Å². The lowest BCUT2D eigenvalue weighted by Gasteiger charge is -2.19. The highest BCUT2D eigenvalue weighted by molar-refractivity contribution is 5.70. The predicted octanol–water partition coefficient (Wildman–Crippen LogP) is 2.32. The predicted molar refractivity (Wildman–Crippen MR) is 67.0 cm³/mol. The van der Waals surface area contributed by atoms with Crippen molar-refractivity contribution < 1.29 is 9.53 Å². The van der Waals surface area contributed by atoms with Gasteiger partial charge in [0.2, 0.25) is 0 Å². The second-order valence-corrected chi connectivity index (χ2v) is 3.73. The van der Waals surface area contributed by atoms with E-state index in [0.29, 0.717) is 13.0 Å². The minimum absolute atomic E-state index is 0.0287. The fraction of sp³-hybridized carbons (Fsp3) is 0.692. The summed E-state index contributed by atoms with van der Waals surface area (Å²) in [6.07, 6.45) is 2.20. The van der Waals surface area contributed by atoms with Crippen LogP contribution in [0.15, 0.2) is 11.8 Å². The van der Waals surface area contributed by atoms with Crippen molar-refractivity contribution in [1.29, 1.82) is 5.26 Å². The quantitative estimate of drug-likeness (QED) is 0.708. The Hall–Kier alpha value is -1.50. The zero-order chi connectivity index (χ0) is 13.4. The molecule has 2 unspecified atom stereocenters. The van der Waals surface area contributed by atoms with Crippen molar-refractivity contribution in [3.05, 3.63) is 11.8 Å². The van der Waals surface area contributed by atoms with Gasteiger partial charge >= 0.3 is 5.97 Å². The molecule has 0 bridgehead atoms. The van der Waals surface area contributed by atoms with Gasteiger partial charge in [0.05, 0.1) is 19.1 Å². The molecule has 1 rings (SSSR count). The minimum atomic E-state index is -0.241. The van der Waals surface area contributed by atoms with E-state index in [-0.39, 0.29) is 17.9 Å². The molecule has 0 aliphatic carbocycles. The molecule has 4 heteroatoms. The van der Waals surface area contributed by atoms with Crippen LogP contribution in [0.2, 0.25) is 0 Å². The van der Waals surface area contributed by atoms with Gasteiger partial charge in [0, 0.05) is 13.0 Å². The van der Waals surface area contributed by atoms with Gasteiger partial charge in [0.15, 0.2) is 0 Å². The van der Waals surface area contributed by atoms with Gasteiger partial charge < -0.3 is 9.64 Å². The zero-order valence-corrected chi connectivity index (χ0v) is 11.4. The van der Waals surface area contributed by atoms with Crippen molar-refractivity contribution in [2.24, 2.45) is 5.92 Å². The van der Waals surface area contributed by atoms with Gasteiger partial charge in [-0.3, -0.25) is 4.79 Å². The minimum Gasteiger partial charge on any atom is -0.466 e. The van der Waals surface area contributed by atoms with Crippen LogP contribution in [0.5, 0.6) is 0 Å². The highest BCUT2D eigenvalue weighted by atomic mass is 16.5. The van der Waals surface area contributed by atoms with E-state index in [2.05, 4.69) is 6.07 Å². The largest absolute Gasteiger partial charge is 0.466 e. The Labute approximate surface area is 104 Å². The van der Waals surface area contributed by atoms with E-state index in [1.165, 1.54) is 0 Å². The number of carbonyl (C=O) groups is 1. The lowest BCUT2D eigenvalue weighted by atomic mass is 9.93. The van der Waals surface area contributed by atoms with Crippen LogP contribution in [0.3, 0.4) is 0 Å². The monoisotopic (exact) mass is 238 g/mol. The number of hydrogen-bond acceptors (Lipinski definition) is 4. The summed E-state index contributed by atoms with van der Waals surface area (Å²) in [5.41, 5.74) is 1.07. The molecule has 0 fully saturated rings. The average molecular weight is 238 g/mol. The molecule has 1 aliphatic heterocycles. The van der Waals surface area contributed by atoms with Crippen molar-refractivity contribution in [2.75, 3.05) is 13.7 Å². The SMILES string of the molecule is CC.CCOC(=O)CC1C(C)=CN(C)C1C#N. The Morgan fingerprint density at radius 2 is 2.18 bits per heavy atom. The third kappa shape index (κ3) is 4.10. The van der Waals surface area contributed by atoms with Gasteiger partial charge in [-0.25, -0.2) is 0 Å². The number of rotatable bonds is 3. The molecule has 1 heterocycles. The molecule has 0 spiro atoms. The molecule has 0 N–H and O–H groups in total. The third-order valence-electron chi connectivity index (χ3n) is 2.64.